The van der Waals surface area contributed by atoms with E-state index >= 15 is 0 Å². The van der Waals surface area contributed by atoms with Crippen LogP contribution in [0.4, 0.5) is 15.4 Å². The number of anilines is 1. The number of hydrogen-bond acceptors (Lipinski definition) is 8. The third-order valence-electron chi connectivity index (χ3n) is 6.10. The van der Waals surface area contributed by atoms with Gasteiger partial charge in [-0.05, 0) is 89.1 Å². The Morgan fingerprint density at radius 1 is 1.23 bits per heavy atom. The largest absolute Gasteiger partial charge is 0.444 e. The second-order valence-electron chi connectivity index (χ2n) is 11.6. The fraction of sp³-hybridized carbons (Fsp3) is 0.556. The molecule has 212 valence electrons. The van der Waals surface area contributed by atoms with Gasteiger partial charge >= 0.3 is 12.2 Å². The van der Waals surface area contributed by atoms with Gasteiger partial charge in [0, 0.05) is 23.6 Å². The molecule has 39 heavy (non-hydrogen) atoms. The SMILES string of the molecule is Cc1c([C@H]2CCOC[C@@H]2NC(=O)OC(C)(C)C)cn2nc(Cl)nc(N(Cc3cccs3)C(=O)OC(C)(C)C)c12. The third kappa shape index (κ3) is 7.20. The standard InChI is InChI=1S/C27H36ClN5O5S/c1-16-19(18-10-11-36-15-20(18)29-24(34)37-26(2,3)4)14-33-21(16)22(30-23(28)31-33)32(13-17-9-8-12-39-17)25(35)38-27(5,6)7/h8-9,12,14,18,20H,10-11,13,15H2,1-7H3,(H,29,34)/t18-,20+/m1/s1. The van der Waals surface area contributed by atoms with E-state index in [4.69, 9.17) is 25.8 Å². The molecule has 0 saturated carbocycles. The highest BCUT2D eigenvalue weighted by Gasteiger charge is 2.34. The topological polar surface area (TPSA) is 107 Å². The number of rotatable bonds is 5. The molecule has 12 heteroatoms. The Bertz CT molecular complexity index is 1330. The van der Waals surface area contributed by atoms with Gasteiger partial charge < -0.3 is 19.5 Å². The number of carbonyl (C=O) groups excluding carboxylic acids is 2. The average Bonchev–Trinajstić information content (AvgIpc) is 3.42. The van der Waals surface area contributed by atoms with E-state index in [0.29, 0.717) is 31.0 Å². The maximum absolute atomic E-state index is 13.5. The minimum Gasteiger partial charge on any atom is -0.444 e. The molecule has 4 rings (SSSR count). The number of halogens is 1. The Kier molecular flexibility index (Phi) is 8.44. The van der Waals surface area contributed by atoms with E-state index in [-0.39, 0.29) is 23.8 Å². The van der Waals surface area contributed by atoms with Gasteiger partial charge in [0.2, 0.25) is 5.28 Å². The van der Waals surface area contributed by atoms with Crippen molar-refractivity contribution in [1.82, 2.24) is 19.9 Å². The van der Waals surface area contributed by atoms with Gasteiger partial charge in [-0.1, -0.05) is 6.07 Å². The summed E-state index contributed by atoms with van der Waals surface area (Å²) in [6.45, 7) is 14.0. The fourth-order valence-electron chi connectivity index (χ4n) is 4.58. The van der Waals surface area contributed by atoms with Crippen LogP contribution >= 0.6 is 22.9 Å². The number of alkyl carbamates (subject to hydrolysis) is 1. The zero-order chi connectivity index (χ0) is 28.5. The lowest BCUT2D eigenvalue weighted by Gasteiger charge is -2.33. The molecule has 1 aliphatic heterocycles. The van der Waals surface area contributed by atoms with E-state index < -0.39 is 23.4 Å². The van der Waals surface area contributed by atoms with Crippen molar-refractivity contribution in [2.24, 2.45) is 0 Å². The van der Waals surface area contributed by atoms with E-state index in [9.17, 15) is 9.59 Å². The summed E-state index contributed by atoms with van der Waals surface area (Å²) < 4.78 is 18.6. The number of thiophene rings is 1. The normalized spacial score (nSPS) is 18.2. The monoisotopic (exact) mass is 577 g/mol. The van der Waals surface area contributed by atoms with Gasteiger partial charge in [-0.15, -0.1) is 16.4 Å². The predicted octanol–water partition coefficient (Wildman–Crippen LogP) is 6.09. The second kappa shape index (κ2) is 11.3. The van der Waals surface area contributed by atoms with Gasteiger partial charge in [0.15, 0.2) is 5.82 Å². The minimum absolute atomic E-state index is 0.00537. The number of ether oxygens (including phenoxy) is 3. The van der Waals surface area contributed by atoms with Crippen LogP contribution in [0.2, 0.25) is 5.28 Å². The summed E-state index contributed by atoms with van der Waals surface area (Å²) in [7, 11) is 0. The molecule has 0 bridgehead atoms. The highest BCUT2D eigenvalue weighted by atomic mass is 35.5. The summed E-state index contributed by atoms with van der Waals surface area (Å²) in [5.74, 6) is 0.275. The number of carbonyl (C=O) groups is 2. The Morgan fingerprint density at radius 3 is 2.59 bits per heavy atom. The molecular formula is C27H36ClN5O5S. The summed E-state index contributed by atoms with van der Waals surface area (Å²) >= 11 is 7.92. The zero-order valence-electron chi connectivity index (χ0n) is 23.4. The highest BCUT2D eigenvalue weighted by Crippen LogP contribution is 2.36. The van der Waals surface area contributed by atoms with Crippen molar-refractivity contribution in [2.75, 3.05) is 18.1 Å². The van der Waals surface area contributed by atoms with E-state index in [1.807, 2.05) is 72.2 Å². The average molecular weight is 578 g/mol. The molecule has 0 aliphatic carbocycles. The van der Waals surface area contributed by atoms with E-state index in [1.165, 1.54) is 16.2 Å². The van der Waals surface area contributed by atoms with Crippen LogP contribution in [0, 0.1) is 6.92 Å². The first-order valence-electron chi connectivity index (χ1n) is 12.9. The zero-order valence-corrected chi connectivity index (χ0v) is 25.0. The number of fused-ring (bicyclic) bond motifs is 1. The lowest BCUT2D eigenvalue weighted by Crippen LogP contribution is -2.47. The first-order valence-corrected chi connectivity index (χ1v) is 14.1. The van der Waals surface area contributed by atoms with Crippen LogP contribution < -0.4 is 10.2 Å². The van der Waals surface area contributed by atoms with Crippen molar-refractivity contribution in [3.05, 3.63) is 45.0 Å². The molecule has 3 aromatic rings. The molecular weight excluding hydrogens is 542 g/mol. The minimum atomic E-state index is -0.706. The molecule has 1 fully saturated rings. The summed E-state index contributed by atoms with van der Waals surface area (Å²) in [4.78, 5) is 33.0. The summed E-state index contributed by atoms with van der Waals surface area (Å²) in [5.41, 5.74) is 1.15. The Balaban J connectivity index is 1.76. The van der Waals surface area contributed by atoms with Crippen LogP contribution in [0.1, 0.15) is 69.9 Å². The molecule has 3 aromatic heterocycles. The highest BCUT2D eigenvalue weighted by molar-refractivity contribution is 7.09. The van der Waals surface area contributed by atoms with Crippen LogP contribution in [0.3, 0.4) is 0 Å². The van der Waals surface area contributed by atoms with Gasteiger partial charge in [0.25, 0.3) is 0 Å². The number of amides is 2. The maximum Gasteiger partial charge on any atom is 0.416 e. The van der Waals surface area contributed by atoms with Crippen molar-refractivity contribution in [3.63, 3.8) is 0 Å². The Labute approximate surface area is 237 Å². The van der Waals surface area contributed by atoms with Gasteiger partial charge in [0.1, 0.15) is 16.7 Å². The quantitative estimate of drug-likeness (QED) is 0.391. The smallest absolute Gasteiger partial charge is 0.416 e. The van der Waals surface area contributed by atoms with E-state index in [2.05, 4.69) is 15.4 Å². The van der Waals surface area contributed by atoms with E-state index in [1.54, 1.807) is 4.52 Å². The molecule has 2 atom stereocenters. The molecule has 0 aromatic carbocycles. The summed E-state index contributed by atoms with van der Waals surface area (Å²) in [6.07, 6.45) is 1.53. The van der Waals surface area contributed by atoms with E-state index in [0.717, 1.165) is 16.0 Å². The van der Waals surface area contributed by atoms with Crippen LogP contribution in [0.5, 0.6) is 0 Å². The Hall–Kier alpha value is -2.89. The molecule has 1 aliphatic rings. The molecule has 4 heterocycles. The van der Waals surface area contributed by atoms with Crippen molar-refractivity contribution in [2.45, 2.75) is 84.6 Å². The third-order valence-corrected chi connectivity index (χ3v) is 7.12. The van der Waals surface area contributed by atoms with Crippen molar-refractivity contribution < 1.29 is 23.8 Å². The molecule has 10 nitrogen and oxygen atoms in total. The maximum atomic E-state index is 13.5. The fourth-order valence-corrected chi connectivity index (χ4v) is 5.43. The number of hydrogen-bond donors (Lipinski definition) is 1. The lowest BCUT2D eigenvalue weighted by atomic mass is 9.87. The predicted molar refractivity (Wildman–Crippen MR) is 151 cm³/mol. The van der Waals surface area contributed by atoms with Crippen LogP contribution in [0.15, 0.2) is 23.7 Å². The number of aryl methyl sites for hydroxylation is 1. The second-order valence-corrected chi connectivity index (χ2v) is 12.9. The summed E-state index contributed by atoms with van der Waals surface area (Å²) in [5, 5.41) is 9.34. The van der Waals surface area contributed by atoms with Crippen molar-refractivity contribution in [1.29, 1.82) is 0 Å². The van der Waals surface area contributed by atoms with Crippen LogP contribution in [-0.2, 0) is 20.8 Å². The van der Waals surface area contributed by atoms with Gasteiger partial charge in [-0.3, -0.25) is 4.90 Å². The molecule has 0 unspecified atom stereocenters. The molecule has 0 radical (unpaired) electrons. The number of aromatic nitrogens is 3. The lowest BCUT2D eigenvalue weighted by molar-refractivity contribution is 0.0290. The van der Waals surface area contributed by atoms with Crippen molar-refractivity contribution >= 4 is 46.5 Å². The van der Waals surface area contributed by atoms with Crippen molar-refractivity contribution in [3.8, 4) is 0 Å². The Morgan fingerprint density at radius 2 is 1.95 bits per heavy atom. The number of nitrogens with one attached hydrogen (secondary N) is 1. The first kappa shape index (κ1) is 29.1. The van der Waals surface area contributed by atoms with Crippen LogP contribution in [0.25, 0.3) is 5.52 Å². The molecule has 1 N–H and O–H groups in total. The van der Waals surface area contributed by atoms with Gasteiger partial charge in [0.05, 0.1) is 19.2 Å². The molecule has 0 spiro atoms. The van der Waals surface area contributed by atoms with Gasteiger partial charge in [-0.2, -0.15) is 4.98 Å². The van der Waals surface area contributed by atoms with Crippen LogP contribution in [-0.4, -0.2) is 57.2 Å². The first-order chi connectivity index (χ1) is 18.2. The summed E-state index contributed by atoms with van der Waals surface area (Å²) in [6, 6.07) is 3.57. The van der Waals surface area contributed by atoms with Gasteiger partial charge in [-0.25, -0.2) is 14.1 Å². The molecule has 2 amide bonds. The molecule has 1 saturated heterocycles. The number of nitrogens with zero attached hydrogens (tertiary/aromatic N) is 4.